The zero-order chi connectivity index (χ0) is 16.8. The maximum absolute atomic E-state index is 11.0. The van der Waals surface area contributed by atoms with E-state index in [1.807, 2.05) is 60.7 Å². The Hall–Kier alpha value is -2.99. The average molecular weight is 319 g/mol. The van der Waals surface area contributed by atoms with Gasteiger partial charge in [-0.2, -0.15) is 10.3 Å². The normalized spacial score (nSPS) is 12.7. The Morgan fingerprint density at radius 1 is 0.792 bits per heavy atom. The van der Waals surface area contributed by atoms with Gasteiger partial charge in [0.1, 0.15) is 0 Å². The second-order valence-electron chi connectivity index (χ2n) is 5.19. The fourth-order valence-electron chi connectivity index (χ4n) is 2.30. The molecule has 24 heavy (non-hydrogen) atoms. The second-order valence-corrected chi connectivity index (χ2v) is 5.19. The second kappa shape index (κ2) is 7.52. The fraction of sp³-hybridized carbons (Fsp3) is 0. The molecule has 3 rings (SSSR count). The number of rotatable bonds is 5. The summed E-state index contributed by atoms with van der Waals surface area (Å²) < 4.78 is 0. The van der Waals surface area contributed by atoms with Gasteiger partial charge in [-0.1, -0.05) is 48.5 Å². The van der Waals surface area contributed by atoms with Gasteiger partial charge in [-0.15, -0.1) is 0 Å². The van der Waals surface area contributed by atoms with E-state index in [-0.39, 0.29) is 5.69 Å². The Bertz CT molecular complexity index is 801. The number of quaternary nitrogens is 1. The molecule has 1 unspecified atom stereocenters. The minimum Gasteiger partial charge on any atom is -0.595 e. The zero-order valence-electron chi connectivity index (χ0n) is 12.9. The minimum atomic E-state index is -0.942. The highest BCUT2D eigenvalue weighted by Gasteiger charge is 2.08. The lowest BCUT2D eigenvalue weighted by atomic mass is 10.0. The molecule has 0 aromatic heterocycles. The summed E-state index contributed by atoms with van der Waals surface area (Å²) in [7, 11) is 0. The Balaban J connectivity index is 1.96. The Morgan fingerprint density at radius 2 is 1.33 bits per heavy atom. The van der Waals surface area contributed by atoms with Crippen molar-refractivity contribution in [2.24, 2.45) is 5.10 Å². The van der Waals surface area contributed by atoms with Crippen LogP contribution in [0.2, 0.25) is 0 Å². The van der Waals surface area contributed by atoms with Crippen LogP contribution in [-0.2, 0) is 0 Å². The smallest absolute Gasteiger partial charge is 0.163 e. The predicted molar refractivity (Wildman–Crippen MR) is 94.4 cm³/mol. The summed E-state index contributed by atoms with van der Waals surface area (Å²) in [6.07, 6.45) is 0. The van der Waals surface area contributed by atoms with E-state index >= 15 is 0 Å². The van der Waals surface area contributed by atoms with Gasteiger partial charge in [0.05, 0.1) is 11.4 Å². The SMILES string of the molecule is [O-][NH+](O)c1ccc(C(=NNc2ccccc2)c2ccccc2)cc1. The van der Waals surface area contributed by atoms with Crippen LogP contribution in [0.3, 0.4) is 0 Å². The van der Waals surface area contributed by atoms with Crippen LogP contribution in [0.25, 0.3) is 0 Å². The number of hydrogen-bond donors (Lipinski definition) is 3. The van der Waals surface area contributed by atoms with Crippen LogP contribution >= 0.6 is 0 Å². The molecule has 0 aliphatic carbocycles. The molecular formula is C19H17N3O2. The molecule has 0 bridgehead atoms. The molecule has 0 heterocycles. The van der Waals surface area contributed by atoms with Gasteiger partial charge < -0.3 is 5.21 Å². The molecule has 5 nitrogen and oxygen atoms in total. The lowest BCUT2D eigenvalue weighted by Gasteiger charge is -2.13. The van der Waals surface area contributed by atoms with Gasteiger partial charge in [-0.25, -0.2) is 5.21 Å². The van der Waals surface area contributed by atoms with E-state index in [9.17, 15) is 5.21 Å². The number of hydrogen-bond acceptors (Lipinski definition) is 4. The lowest BCUT2D eigenvalue weighted by molar-refractivity contribution is -0.991. The molecule has 0 aliphatic heterocycles. The molecule has 1 atom stereocenters. The summed E-state index contributed by atoms with van der Waals surface area (Å²) in [5.41, 5.74) is 6.72. The summed E-state index contributed by atoms with van der Waals surface area (Å²) in [6, 6.07) is 26.1. The highest BCUT2D eigenvalue weighted by Crippen LogP contribution is 2.14. The maximum atomic E-state index is 11.0. The van der Waals surface area contributed by atoms with Crippen LogP contribution < -0.4 is 10.7 Å². The zero-order valence-corrected chi connectivity index (χ0v) is 12.9. The summed E-state index contributed by atoms with van der Waals surface area (Å²) in [6.45, 7) is 0. The van der Waals surface area contributed by atoms with E-state index in [4.69, 9.17) is 5.21 Å². The third-order valence-corrected chi connectivity index (χ3v) is 3.52. The molecule has 3 aromatic carbocycles. The molecule has 3 N–H and O–H groups in total. The number of nitrogens with zero attached hydrogens (tertiary/aromatic N) is 1. The number of nitrogens with one attached hydrogen (secondary N) is 2. The van der Waals surface area contributed by atoms with Crippen LogP contribution in [0.1, 0.15) is 11.1 Å². The molecular weight excluding hydrogens is 302 g/mol. The third kappa shape index (κ3) is 3.85. The van der Waals surface area contributed by atoms with E-state index in [2.05, 4.69) is 10.5 Å². The molecule has 0 amide bonds. The van der Waals surface area contributed by atoms with Crippen molar-refractivity contribution in [1.82, 2.24) is 0 Å². The van der Waals surface area contributed by atoms with Crippen LogP contribution in [0, 0.1) is 5.21 Å². The molecule has 3 aromatic rings. The van der Waals surface area contributed by atoms with E-state index in [0.717, 1.165) is 22.5 Å². The first-order valence-corrected chi connectivity index (χ1v) is 7.52. The number of benzene rings is 3. The van der Waals surface area contributed by atoms with Crippen molar-refractivity contribution in [1.29, 1.82) is 0 Å². The fourth-order valence-corrected chi connectivity index (χ4v) is 2.30. The molecule has 0 aliphatic rings. The van der Waals surface area contributed by atoms with E-state index < -0.39 is 5.23 Å². The standard InChI is InChI=1S/C19H17N3O2/c23-22(24)18-13-11-16(12-14-18)19(15-7-3-1-4-8-15)21-20-17-9-5-2-6-10-17/h1-14,20,22-23H. The van der Waals surface area contributed by atoms with E-state index in [0.29, 0.717) is 0 Å². The summed E-state index contributed by atoms with van der Waals surface area (Å²) in [5, 5.41) is 23.6. The molecule has 0 fully saturated rings. The Morgan fingerprint density at radius 3 is 1.92 bits per heavy atom. The third-order valence-electron chi connectivity index (χ3n) is 3.52. The van der Waals surface area contributed by atoms with Crippen molar-refractivity contribution in [3.8, 4) is 0 Å². The Kier molecular flexibility index (Phi) is 4.98. The molecule has 5 heteroatoms. The van der Waals surface area contributed by atoms with Crippen molar-refractivity contribution in [2.45, 2.75) is 0 Å². The van der Waals surface area contributed by atoms with Crippen molar-refractivity contribution >= 4 is 17.1 Å². The number of para-hydroxylation sites is 1. The van der Waals surface area contributed by atoms with E-state index in [1.165, 1.54) is 0 Å². The number of hydrazone groups is 1. The first-order valence-electron chi connectivity index (χ1n) is 7.52. The van der Waals surface area contributed by atoms with Crippen molar-refractivity contribution in [2.75, 3.05) is 5.43 Å². The first-order chi connectivity index (χ1) is 11.7. The van der Waals surface area contributed by atoms with Gasteiger partial charge in [0.25, 0.3) is 0 Å². The van der Waals surface area contributed by atoms with Gasteiger partial charge in [-0.3, -0.25) is 5.43 Å². The molecule has 0 saturated heterocycles. The largest absolute Gasteiger partial charge is 0.595 e. The monoisotopic (exact) mass is 319 g/mol. The topological polar surface area (TPSA) is 72.1 Å². The quantitative estimate of drug-likeness (QED) is 0.500. The van der Waals surface area contributed by atoms with Crippen LogP contribution in [-0.4, -0.2) is 10.9 Å². The van der Waals surface area contributed by atoms with Crippen molar-refractivity contribution in [3.63, 3.8) is 0 Å². The Labute approximate surface area is 140 Å². The van der Waals surface area contributed by atoms with Crippen LogP contribution in [0.5, 0.6) is 0 Å². The van der Waals surface area contributed by atoms with Gasteiger partial charge in [0.15, 0.2) is 5.69 Å². The van der Waals surface area contributed by atoms with Crippen molar-refractivity contribution < 1.29 is 10.4 Å². The minimum absolute atomic E-state index is 0.252. The summed E-state index contributed by atoms with van der Waals surface area (Å²) >= 11 is 0. The molecule has 120 valence electrons. The average Bonchev–Trinajstić information content (AvgIpc) is 2.64. The summed E-state index contributed by atoms with van der Waals surface area (Å²) in [5.74, 6) is 0. The highest BCUT2D eigenvalue weighted by molar-refractivity contribution is 6.13. The predicted octanol–water partition coefficient (Wildman–Crippen LogP) is 2.95. The van der Waals surface area contributed by atoms with Gasteiger partial charge in [-0.05, 0) is 24.3 Å². The van der Waals surface area contributed by atoms with Crippen LogP contribution in [0.15, 0.2) is 90.0 Å². The summed E-state index contributed by atoms with van der Waals surface area (Å²) in [4.78, 5) is 0. The van der Waals surface area contributed by atoms with Gasteiger partial charge in [0, 0.05) is 23.3 Å². The molecule has 0 spiro atoms. The van der Waals surface area contributed by atoms with Gasteiger partial charge in [0.2, 0.25) is 0 Å². The first kappa shape index (κ1) is 15.9. The van der Waals surface area contributed by atoms with Crippen LogP contribution in [0.4, 0.5) is 11.4 Å². The highest BCUT2D eigenvalue weighted by atomic mass is 16.8. The van der Waals surface area contributed by atoms with Crippen molar-refractivity contribution in [3.05, 3.63) is 101 Å². The molecule has 0 radical (unpaired) electrons. The van der Waals surface area contributed by atoms with E-state index in [1.54, 1.807) is 24.3 Å². The van der Waals surface area contributed by atoms with Gasteiger partial charge >= 0.3 is 0 Å². The lowest BCUT2D eigenvalue weighted by Crippen LogP contribution is -2.99. The molecule has 0 saturated carbocycles. The number of anilines is 1. The maximum Gasteiger partial charge on any atom is 0.163 e.